The molecule has 0 fully saturated rings. The molecule has 0 atom stereocenters. The molecule has 0 saturated heterocycles. The summed E-state index contributed by atoms with van der Waals surface area (Å²) >= 11 is 0. The van der Waals surface area contributed by atoms with E-state index in [1.54, 1.807) is 17.8 Å². The number of aromatic nitrogens is 2. The first-order valence-electron chi connectivity index (χ1n) is 3.80. The first kappa shape index (κ1) is 8.77. The molecule has 0 radical (unpaired) electrons. The number of rotatable bonds is 2. The van der Waals surface area contributed by atoms with Gasteiger partial charge in [-0.05, 0) is 20.8 Å². The summed E-state index contributed by atoms with van der Waals surface area (Å²) < 4.78 is 1.65. The Labute approximate surface area is 70.9 Å². The summed E-state index contributed by atoms with van der Waals surface area (Å²) in [5.41, 5.74) is 0.848. The maximum absolute atomic E-state index is 10.7. The number of carboxylic acids is 1. The van der Waals surface area contributed by atoms with Gasteiger partial charge in [-0.1, -0.05) is 0 Å². The predicted octanol–water partition coefficient (Wildman–Crippen LogP) is 1.47. The van der Waals surface area contributed by atoms with Crippen molar-refractivity contribution in [3.8, 4) is 0 Å². The van der Waals surface area contributed by atoms with Crippen molar-refractivity contribution in [3.63, 3.8) is 0 Å². The predicted molar refractivity (Wildman–Crippen MR) is 44.3 cm³/mol. The van der Waals surface area contributed by atoms with Gasteiger partial charge in [-0.25, -0.2) is 9.78 Å². The molecule has 0 aliphatic rings. The fourth-order valence-corrected chi connectivity index (χ4v) is 1.11. The molecule has 0 unspecified atom stereocenters. The Balaban J connectivity index is 3.21. The van der Waals surface area contributed by atoms with Gasteiger partial charge >= 0.3 is 5.97 Å². The molecule has 12 heavy (non-hydrogen) atoms. The Kier molecular flexibility index (Phi) is 2.17. The SMILES string of the molecule is Cc1ncn(C(C)C)c1C(=O)O. The number of aryl methyl sites for hydroxylation is 1. The zero-order chi connectivity index (χ0) is 9.30. The molecule has 0 saturated carbocycles. The van der Waals surface area contributed by atoms with Gasteiger partial charge in [0, 0.05) is 6.04 Å². The topological polar surface area (TPSA) is 55.1 Å². The number of hydrogen-bond acceptors (Lipinski definition) is 2. The van der Waals surface area contributed by atoms with Gasteiger partial charge in [0.1, 0.15) is 5.69 Å². The van der Waals surface area contributed by atoms with Crippen LogP contribution in [0.3, 0.4) is 0 Å². The van der Waals surface area contributed by atoms with E-state index in [0.29, 0.717) is 5.69 Å². The molecular weight excluding hydrogens is 156 g/mol. The standard InChI is InChI=1S/C8H12N2O2/c1-5(2)10-4-9-6(3)7(10)8(11)12/h4-5H,1-3H3,(H,11,12). The number of carboxylic acid groups (broad SMARTS) is 1. The van der Waals surface area contributed by atoms with E-state index in [1.807, 2.05) is 13.8 Å². The van der Waals surface area contributed by atoms with E-state index in [1.165, 1.54) is 0 Å². The molecule has 1 aromatic heterocycles. The van der Waals surface area contributed by atoms with Crippen LogP contribution in [0.1, 0.15) is 36.1 Å². The fraction of sp³-hybridized carbons (Fsp3) is 0.500. The van der Waals surface area contributed by atoms with Crippen molar-refractivity contribution in [2.24, 2.45) is 0 Å². The Morgan fingerprint density at radius 1 is 1.67 bits per heavy atom. The highest BCUT2D eigenvalue weighted by molar-refractivity contribution is 5.86. The third-order valence-corrected chi connectivity index (χ3v) is 1.74. The van der Waals surface area contributed by atoms with Crippen molar-refractivity contribution < 1.29 is 9.90 Å². The quantitative estimate of drug-likeness (QED) is 0.727. The maximum atomic E-state index is 10.7. The molecule has 0 bridgehead atoms. The highest BCUT2D eigenvalue weighted by Gasteiger charge is 2.15. The largest absolute Gasteiger partial charge is 0.477 e. The molecule has 4 heteroatoms. The monoisotopic (exact) mass is 168 g/mol. The summed E-state index contributed by atoms with van der Waals surface area (Å²) in [5, 5.41) is 8.82. The van der Waals surface area contributed by atoms with E-state index in [2.05, 4.69) is 4.98 Å². The average molecular weight is 168 g/mol. The lowest BCUT2D eigenvalue weighted by atomic mass is 10.3. The van der Waals surface area contributed by atoms with Gasteiger partial charge in [-0.2, -0.15) is 0 Å². The Morgan fingerprint density at radius 3 is 2.58 bits per heavy atom. The molecule has 1 heterocycles. The second kappa shape index (κ2) is 2.97. The minimum absolute atomic E-state index is 0.136. The van der Waals surface area contributed by atoms with Gasteiger partial charge in [-0.3, -0.25) is 0 Å². The van der Waals surface area contributed by atoms with Crippen LogP contribution in [-0.4, -0.2) is 20.6 Å². The summed E-state index contributed by atoms with van der Waals surface area (Å²) in [7, 11) is 0. The average Bonchev–Trinajstić information content (AvgIpc) is 2.30. The van der Waals surface area contributed by atoms with E-state index in [4.69, 9.17) is 5.11 Å². The smallest absolute Gasteiger partial charge is 0.354 e. The second-order valence-corrected chi connectivity index (χ2v) is 2.98. The zero-order valence-corrected chi connectivity index (χ0v) is 7.40. The number of imidazole rings is 1. The van der Waals surface area contributed by atoms with Crippen LogP contribution < -0.4 is 0 Å². The lowest BCUT2D eigenvalue weighted by molar-refractivity contribution is 0.0682. The van der Waals surface area contributed by atoms with Crippen molar-refractivity contribution in [2.45, 2.75) is 26.8 Å². The van der Waals surface area contributed by atoms with Crippen molar-refractivity contribution in [1.82, 2.24) is 9.55 Å². The number of aromatic carboxylic acids is 1. The van der Waals surface area contributed by atoms with Gasteiger partial charge < -0.3 is 9.67 Å². The number of carbonyl (C=O) groups is 1. The van der Waals surface area contributed by atoms with Crippen molar-refractivity contribution >= 4 is 5.97 Å². The molecular formula is C8H12N2O2. The van der Waals surface area contributed by atoms with Gasteiger partial charge in [-0.15, -0.1) is 0 Å². The minimum Gasteiger partial charge on any atom is -0.477 e. The summed E-state index contributed by atoms with van der Waals surface area (Å²) in [4.78, 5) is 14.7. The molecule has 0 aliphatic carbocycles. The van der Waals surface area contributed by atoms with Crippen LogP contribution in [-0.2, 0) is 0 Å². The van der Waals surface area contributed by atoms with Crippen molar-refractivity contribution in [2.75, 3.05) is 0 Å². The van der Waals surface area contributed by atoms with Gasteiger partial charge in [0.15, 0.2) is 0 Å². The Bertz CT molecular complexity index is 302. The number of hydrogen-bond donors (Lipinski definition) is 1. The summed E-state index contributed by atoms with van der Waals surface area (Å²) in [6.07, 6.45) is 1.56. The fourth-order valence-electron chi connectivity index (χ4n) is 1.11. The van der Waals surface area contributed by atoms with Crippen LogP contribution >= 0.6 is 0 Å². The van der Waals surface area contributed by atoms with E-state index in [-0.39, 0.29) is 11.7 Å². The van der Waals surface area contributed by atoms with Gasteiger partial charge in [0.25, 0.3) is 0 Å². The van der Waals surface area contributed by atoms with Crippen molar-refractivity contribution in [1.29, 1.82) is 0 Å². The van der Waals surface area contributed by atoms with E-state index >= 15 is 0 Å². The molecule has 1 rings (SSSR count). The number of nitrogens with zero attached hydrogens (tertiary/aromatic N) is 2. The third-order valence-electron chi connectivity index (χ3n) is 1.74. The molecule has 0 amide bonds. The molecule has 0 aliphatic heterocycles. The van der Waals surface area contributed by atoms with Crippen LogP contribution in [0.15, 0.2) is 6.33 Å². The third kappa shape index (κ3) is 1.32. The van der Waals surface area contributed by atoms with Gasteiger partial charge in [0.05, 0.1) is 12.0 Å². The maximum Gasteiger partial charge on any atom is 0.354 e. The van der Waals surface area contributed by atoms with Crippen LogP contribution in [0.4, 0.5) is 0 Å². The van der Waals surface area contributed by atoms with Crippen LogP contribution in [0.2, 0.25) is 0 Å². The van der Waals surface area contributed by atoms with Gasteiger partial charge in [0.2, 0.25) is 0 Å². The minimum atomic E-state index is -0.918. The van der Waals surface area contributed by atoms with E-state index in [0.717, 1.165) is 0 Å². The zero-order valence-electron chi connectivity index (χ0n) is 7.40. The molecule has 66 valence electrons. The van der Waals surface area contributed by atoms with Crippen LogP contribution in [0.25, 0.3) is 0 Å². The lowest BCUT2D eigenvalue weighted by Crippen LogP contribution is -2.10. The second-order valence-electron chi connectivity index (χ2n) is 2.98. The lowest BCUT2D eigenvalue weighted by Gasteiger charge is -2.08. The summed E-state index contributed by atoms with van der Waals surface area (Å²) in [5.74, 6) is -0.918. The van der Waals surface area contributed by atoms with Crippen LogP contribution in [0, 0.1) is 6.92 Å². The van der Waals surface area contributed by atoms with Crippen molar-refractivity contribution in [3.05, 3.63) is 17.7 Å². The molecule has 0 aromatic carbocycles. The molecule has 4 nitrogen and oxygen atoms in total. The Morgan fingerprint density at radius 2 is 2.25 bits per heavy atom. The highest BCUT2D eigenvalue weighted by Crippen LogP contribution is 2.12. The summed E-state index contributed by atoms with van der Waals surface area (Å²) in [6.45, 7) is 5.55. The first-order chi connectivity index (χ1) is 5.54. The molecule has 1 aromatic rings. The van der Waals surface area contributed by atoms with E-state index in [9.17, 15) is 4.79 Å². The molecule has 0 spiro atoms. The first-order valence-corrected chi connectivity index (χ1v) is 3.80. The van der Waals surface area contributed by atoms with Crippen LogP contribution in [0.5, 0.6) is 0 Å². The molecule has 1 N–H and O–H groups in total. The summed E-state index contributed by atoms with van der Waals surface area (Å²) in [6, 6.07) is 0.136. The normalized spacial score (nSPS) is 10.7. The van der Waals surface area contributed by atoms with E-state index < -0.39 is 5.97 Å². The highest BCUT2D eigenvalue weighted by atomic mass is 16.4. The Hall–Kier alpha value is -1.32.